The number of carbonyl (C=O) groups is 1. The molecule has 1 aliphatic heterocycles. The predicted octanol–water partition coefficient (Wildman–Crippen LogP) is 1.31. The standard InChI is InChI=1S/C15H24N4O/c1-11-10-19(12(2)9-18(11)5)15(20)14-13(17(3)4)7-6-8-16-14/h6-8,11-12H,9-10H2,1-5H3. The molecule has 2 heterocycles. The van der Waals surface area contributed by atoms with Crippen molar-refractivity contribution in [2.75, 3.05) is 39.1 Å². The van der Waals surface area contributed by atoms with Gasteiger partial charge in [-0.05, 0) is 33.0 Å². The van der Waals surface area contributed by atoms with Crippen molar-refractivity contribution in [3.8, 4) is 0 Å². The van der Waals surface area contributed by atoms with Crippen molar-refractivity contribution < 1.29 is 4.79 Å². The van der Waals surface area contributed by atoms with E-state index in [1.807, 2.05) is 36.0 Å². The fraction of sp³-hybridized carbons (Fsp3) is 0.600. The van der Waals surface area contributed by atoms with E-state index in [0.717, 1.165) is 18.8 Å². The van der Waals surface area contributed by atoms with E-state index in [1.165, 1.54) is 0 Å². The van der Waals surface area contributed by atoms with E-state index in [0.29, 0.717) is 11.7 Å². The molecule has 2 unspecified atom stereocenters. The molecule has 1 aliphatic rings. The molecule has 1 saturated heterocycles. The van der Waals surface area contributed by atoms with Crippen molar-refractivity contribution in [3.63, 3.8) is 0 Å². The zero-order valence-corrected chi connectivity index (χ0v) is 13.0. The molecule has 1 fully saturated rings. The van der Waals surface area contributed by atoms with E-state index in [-0.39, 0.29) is 11.9 Å². The normalized spacial score (nSPS) is 23.8. The summed E-state index contributed by atoms with van der Waals surface area (Å²) in [5.41, 5.74) is 1.41. The van der Waals surface area contributed by atoms with Crippen LogP contribution < -0.4 is 4.90 Å². The molecule has 0 bridgehead atoms. The van der Waals surface area contributed by atoms with E-state index in [1.54, 1.807) is 6.20 Å². The molecule has 0 aromatic carbocycles. The lowest BCUT2D eigenvalue weighted by molar-refractivity contribution is 0.0393. The summed E-state index contributed by atoms with van der Waals surface area (Å²) < 4.78 is 0. The monoisotopic (exact) mass is 276 g/mol. The van der Waals surface area contributed by atoms with Gasteiger partial charge in [0.25, 0.3) is 5.91 Å². The van der Waals surface area contributed by atoms with Gasteiger partial charge in [-0.2, -0.15) is 0 Å². The number of carbonyl (C=O) groups excluding carboxylic acids is 1. The van der Waals surface area contributed by atoms with Crippen LogP contribution in [0.15, 0.2) is 18.3 Å². The Morgan fingerprint density at radius 2 is 2.00 bits per heavy atom. The van der Waals surface area contributed by atoms with Crippen LogP contribution in [0.1, 0.15) is 24.3 Å². The molecule has 1 aromatic heterocycles. The van der Waals surface area contributed by atoms with Crippen molar-refractivity contribution in [1.29, 1.82) is 0 Å². The highest BCUT2D eigenvalue weighted by atomic mass is 16.2. The second-order valence-corrected chi connectivity index (χ2v) is 5.86. The average Bonchev–Trinajstić information content (AvgIpc) is 2.42. The molecular formula is C15H24N4O. The van der Waals surface area contributed by atoms with Crippen LogP contribution in [0.2, 0.25) is 0 Å². The third-order valence-corrected chi connectivity index (χ3v) is 4.03. The number of hydrogen-bond acceptors (Lipinski definition) is 4. The second kappa shape index (κ2) is 5.79. The molecule has 20 heavy (non-hydrogen) atoms. The Bertz CT molecular complexity index is 489. The van der Waals surface area contributed by atoms with Crippen LogP contribution in [0.5, 0.6) is 0 Å². The molecule has 0 N–H and O–H groups in total. The van der Waals surface area contributed by atoms with Crippen LogP contribution in [0, 0.1) is 0 Å². The summed E-state index contributed by atoms with van der Waals surface area (Å²) in [6.07, 6.45) is 1.68. The topological polar surface area (TPSA) is 39.7 Å². The molecule has 0 aliphatic carbocycles. The van der Waals surface area contributed by atoms with E-state index >= 15 is 0 Å². The number of likely N-dealkylation sites (N-methyl/N-ethyl adjacent to an activating group) is 1. The predicted molar refractivity (Wildman–Crippen MR) is 81.2 cm³/mol. The Morgan fingerprint density at radius 1 is 1.30 bits per heavy atom. The summed E-state index contributed by atoms with van der Waals surface area (Å²) in [6.45, 7) is 5.90. The molecule has 5 heteroatoms. The van der Waals surface area contributed by atoms with Gasteiger partial charge in [-0.25, -0.2) is 4.98 Å². The molecule has 0 spiro atoms. The number of piperazine rings is 1. The van der Waals surface area contributed by atoms with Gasteiger partial charge >= 0.3 is 0 Å². The van der Waals surface area contributed by atoms with Crippen LogP contribution in [0.25, 0.3) is 0 Å². The minimum Gasteiger partial charge on any atom is -0.376 e. The number of hydrogen-bond donors (Lipinski definition) is 0. The summed E-state index contributed by atoms with van der Waals surface area (Å²) in [4.78, 5) is 23.3. The zero-order valence-electron chi connectivity index (χ0n) is 13.0. The Hall–Kier alpha value is -1.62. The molecule has 0 saturated carbocycles. The molecule has 110 valence electrons. The SMILES string of the molecule is CC1CN(C(=O)c2ncccc2N(C)C)C(C)CN1C. The van der Waals surface area contributed by atoms with Crippen LogP contribution in [-0.4, -0.2) is 67.0 Å². The zero-order chi connectivity index (χ0) is 14.9. The van der Waals surface area contributed by atoms with E-state index < -0.39 is 0 Å². The second-order valence-electron chi connectivity index (χ2n) is 5.86. The van der Waals surface area contributed by atoms with Gasteiger partial charge in [0, 0.05) is 45.5 Å². The molecule has 5 nitrogen and oxygen atoms in total. The highest BCUT2D eigenvalue weighted by molar-refractivity contribution is 5.98. The first kappa shape index (κ1) is 14.8. The van der Waals surface area contributed by atoms with Gasteiger partial charge in [0.1, 0.15) is 0 Å². The van der Waals surface area contributed by atoms with Crippen molar-refractivity contribution in [2.45, 2.75) is 25.9 Å². The van der Waals surface area contributed by atoms with Crippen molar-refractivity contribution in [2.24, 2.45) is 0 Å². The first-order valence-corrected chi connectivity index (χ1v) is 7.05. The minimum atomic E-state index is 0.0294. The number of amides is 1. The lowest BCUT2D eigenvalue weighted by Gasteiger charge is -2.42. The third-order valence-electron chi connectivity index (χ3n) is 4.03. The lowest BCUT2D eigenvalue weighted by Crippen LogP contribution is -2.56. The summed E-state index contributed by atoms with van der Waals surface area (Å²) in [5.74, 6) is 0.0294. The summed E-state index contributed by atoms with van der Waals surface area (Å²) in [6, 6.07) is 4.38. The van der Waals surface area contributed by atoms with Gasteiger partial charge in [-0.15, -0.1) is 0 Å². The number of aromatic nitrogens is 1. The third kappa shape index (κ3) is 2.77. The van der Waals surface area contributed by atoms with Crippen molar-refractivity contribution >= 4 is 11.6 Å². The number of nitrogens with zero attached hydrogens (tertiary/aromatic N) is 4. The highest BCUT2D eigenvalue weighted by Gasteiger charge is 2.32. The number of rotatable bonds is 2. The van der Waals surface area contributed by atoms with Gasteiger partial charge in [-0.3, -0.25) is 9.69 Å². The minimum absolute atomic E-state index is 0.0294. The summed E-state index contributed by atoms with van der Waals surface area (Å²) >= 11 is 0. The van der Waals surface area contributed by atoms with Gasteiger partial charge in [0.15, 0.2) is 5.69 Å². The van der Waals surface area contributed by atoms with Crippen LogP contribution in [0.4, 0.5) is 5.69 Å². The van der Waals surface area contributed by atoms with Gasteiger partial charge in [0.05, 0.1) is 5.69 Å². The van der Waals surface area contributed by atoms with Gasteiger partial charge in [-0.1, -0.05) is 0 Å². The smallest absolute Gasteiger partial charge is 0.274 e. The largest absolute Gasteiger partial charge is 0.376 e. The Morgan fingerprint density at radius 3 is 2.65 bits per heavy atom. The van der Waals surface area contributed by atoms with Crippen LogP contribution >= 0.6 is 0 Å². The molecule has 2 atom stereocenters. The Labute approximate surface area is 121 Å². The first-order valence-electron chi connectivity index (χ1n) is 7.05. The van der Waals surface area contributed by atoms with E-state index in [2.05, 4.69) is 30.8 Å². The highest BCUT2D eigenvalue weighted by Crippen LogP contribution is 2.21. The van der Waals surface area contributed by atoms with Crippen molar-refractivity contribution in [3.05, 3.63) is 24.0 Å². The van der Waals surface area contributed by atoms with Gasteiger partial charge in [0.2, 0.25) is 0 Å². The first-order chi connectivity index (χ1) is 9.41. The van der Waals surface area contributed by atoms with Crippen LogP contribution in [0.3, 0.4) is 0 Å². The fourth-order valence-electron chi connectivity index (χ4n) is 2.64. The number of anilines is 1. The Kier molecular flexibility index (Phi) is 4.28. The maximum atomic E-state index is 12.8. The van der Waals surface area contributed by atoms with Gasteiger partial charge < -0.3 is 9.80 Å². The molecule has 2 rings (SSSR count). The van der Waals surface area contributed by atoms with E-state index in [4.69, 9.17) is 0 Å². The maximum Gasteiger partial charge on any atom is 0.274 e. The molecule has 1 amide bonds. The summed E-state index contributed by atoms with van der Waals surface area (Å²) in [5, 5.41) is 0. The molecular weight excluding hydrogens is 252 g/mol. The molecule has 1 aromatic rings. The lowest BCUT2D eigenvalue weighted by atomic mass is 10.1. The average molecular weight is 276 g/mol. The maximum absolute atomic E-state index is 12.8. The summed E-state index contributed by atoms with van der Waals surface area (Å²) in [7, 11) is 5.97. The van der Waals surface area contributed by atoms with Crippen molar-refractivity contribution in [1.82, 2.24) is 14.8 Å². The van der Waals surface area contributed by atoms with Crippen LogP contribution in [-0.2, 0) is 0 Å². The quantitative estimate of drug-likeness (QED) is 0.816. The van der Waals surface area contributed by atoms with E-state index in [9.17, 15) is 4.79 Å². The molecule has 0 radical (unpaired) electrons. The fourth-order valence-corrected chi connectivity index (χ4v) is 2.64. The Balaban J connectivity index is 2.27. The number of pyridine rings is 1.